The maximum absolute atomic E-state index is 11.7. The van der Waals surface area contributed by atoms with Crippen molar-refractivity contribution in [2.24, 2.45) is 5.14 Å². The third-order valence-corrected chi connectivity index (χ3v) is 4.03. The van der Waals surface area contributed by atoms with Crippen molar-refractivity contribution >= 4 is 27.3 Å². The second-order valence-corrected chi connectivity index (χ2v) is 5.82. The second kappa shape index (κ2) is 4.01. The summed E-state index contributed by atoms with van der Waals surface area (Å²) in [5.41, 5.74) is 6.71. The predicted molar refractivity (Wildman–Crippen MR) is 64.7 cm³/mol. The average Bonchev–Trinajstić information content (AvgIpc) is 2.61. The van der Waals surface area contributed by atoms with Gasteiger partial charge in [0.1, 0.15) is 5.25 Å². The molecule has 1 aromatic rings. The largest absolute Gasteiger partial charge is 0.397 e. The molecule has 0 saturated carbocycles. The normalized spacial score (nSPS) is 20.9. The molecule has 1 unspecified atom stereocenters. The zero-order valence-corrected chi connectivity index (χ0v) is 9.85. The van der Waals surface area contributed by atoms with Gasteiger partial charge in [-0.1, -0.05) is 12.1 Å². The van der Waals surface area contributed by atoms with Crippen LogP contribution in [0.4, 0.5) is 11.4 Å². The number of carbonyl (C=O) groups excluding carboxylic acids is 1. The van der Waals surface area contributed by atoms with Crippen LogP contribution in [0, 0.1) is 0 Å². The van der Waals surface area contributed by atoms with E-state index in [2.05, 4.69) is 0 Å². The minimum absolute atomic E-state index is 0.0614. The van der Waals surface area contributed by atoms with Crippen LogP contribution in [-0.2, 0) is 14.8 Å². The van der Waals surface area contributed by atoms with Crippen molar-refractivity contribution in [3.8, 4) is 0 Å². The molecule has 1 amide bonds. The highest BCUT2D eigenvalue weighted by Gasteiger charge is 2.37. The van der Waals surface area contributed by atoms with Crippen molar-refractivity contribution in [2.75, 3.05) is 17.2 Å². The lowest BCUT2D eigenvalue weighted by molar-refractivity contribution is -0.117. The Bertz CT molecular complexity index is 556. The third kappa shape index (κ3) is 2.25. The van der Waals surface area contributed by atoms with E-state index < -0.39 is 15.3 Å². The maximum Gasteiger partial charge on any atom is 0.228 e. The van der Waals surface area contributed by atoms with E-state index in [9.17, 15) is 13.2 Å². The van der Waals surface area contributed by atoms with Gasteiger partial charge >= 0.3 is 0 Å². The van der Waals surface area contributed by atoms with E-state index in [4.69, 9.17) is 10.9 Å². The standard InChI is InChI=1S/C10H13N3O3S/c11-8-3-1-2-4-9(8)13-6-7(5-10(13)14)17(12,15)16/h1-4,7H,5-6,11H2,(H2,12,15,16). The van der Waals surface area contributed by atoms with Gasteiger partial charge in [0.2, 0.25) is 15.9 Å². The number of para-hydroxylation sites is 2. The van der Waals surface area contributed by atoms with Gasteiger partial charge in [-0.25, -0.2) is 13.6 Å². The summed E-state index contributed by atoms with van der Waals surface area (Å²) < 4.78 is 22.4. The van der Waals surface area contributed by atoms with Crippen LogP contribution >= 0.6 is 0 Å². The third-order valence-electron chi connectivity index (χ3n) is 2.78. The Hall–Kier alpha value is -1.60. The van der Waals surface area contributed by atoms with Crippen LogP contribution in [0.15, 0.2) is 24.3 Å². The number of amides is 1. The SMILES string of the molecule is Nc1ccccc1N1CC(S(N)(=O)=O)CC1=O. The summed E-state index contributed by atoms with van der Waals surface area (Å²) in [7, 11) is -3.69. The molecule has 0 aliphatic carbocycles. The number of hydrogen-bond donors (Lipinski definition) is 2. The van der Waals surface area contributed by atoms with Gasteiger partial charge < -0.3 is 10.6 Å². The summed E-state index contributed by atoms with van der Waals surface area (Å²) in [4.78, 5) is 13.1. The van der Waals surface area contributed by atoms with Crippen LogP contribution in [0.2, 0.25) is 0 Å². The number of carbonyl (C=O) groups is 1. The molecular weight excluding hydrogens is 242 g/mol. The maximum atomic E-state index is 11.7. The topological polar surface area (TPSA) is 106 Å². The molecule has 0 radical (unpaired) electrons. The molecule has 0 aromatic heterocycles. The number of anilines is 2. The number of hydrogen-bond acceptors (Lipinski definition) is 4. The fraction of sp³-hybridized carbons (Fsp3) is 0.300. The number of rotatable bonds is 2. The number of nitrogens with two attached hydrogens (primary N) is 2. The molecule has 1 fully saturated rings. The fourth-order valence-corrected chi connectivity index (χ4v) is 2.59. The highest BCUT2D eigenvalue weighted by Crippen LogP contribution is 2.28. The number of sulfonamides is 1. The molecule has 4 N–H and O–H groups in total. The Morgan fingerprint density at radius 2 is 1.94 bits per heavy atom. The summed E-state index contributed by atoms with van der Waals surface area (Å²) >= 11 is 0. The van der Waals surface area contributed by atoms with E-state index >= 15 is 0 Å². The van der Waals surface area contributed by atoms with Crippen molar-refractivity contribution in [3.05, 3.63) is 24.3 Å². The minimum Gasteiger partial charge on any atom is -0.397 e. The van der Waals surface area contributed by atoms with Gasteiger partial charge in [0.25, 0.3) is 0 Å². The van der Waals surface area contributed by atoms with Crippen molar-refractivity contribution in [1.82, 2.24) is 0 Å². The van der Waals surface area contributed by atoms with Gasteiger partial charge in [-0.2, -0.15) is 0 Å². The van der Waals surface area contributed by atoms with Gasteiger partial charge in [-0.15, -0.1) is 0 Å². The molecule has 1 aromatic carbocycles. The quantitative estimate of drug-likeness (QED) is 0.705. The molecule has 0 bridgehead atoms. The fourth-order valence-electron chi connectivity index (χ4n) is 1.86. The monoisotopic (exact) mass is 255 g/mol. The molecule has 1 aliphatic rings. The van der Waals surface area contributed by atoms with Crippen LogP contribution in [0.1, 0.15) is 6.42 Å². The Labute approximate surface area is 99.2 Å². The van der Waals surface area contributed by atoms with E-state index in [0.29, 0.717) is 11.4 Å². The molecule has 1 aliphatic heterocycles. The number of nitrogens with zero attached hydrogens (tertiary/aromatic N) is 1. The summed E-state index contributed by atoms with van der Waals surface area (Å²) in [6.07, 6.45) is -0.0901. The highest BCUT2D eigenvalue weighted by molar-refractivity contribution is 7.89. The lowest BCUT2D eigenvalue weighted by Gasteiger charge is -2.18. The van der Waals surface area contributed by atoms with Crippen LogP contribution in [-0.4, -0.2) is 26.1 Å². The Kier molecular flexibility index (Phi) is 2.80. The highest BCUT2D eigenvalue weighted by atomic mass is 32.2. The minimum atomic E-state index is -3.69. The average molecular weight is 255 g/mol. The smallest absolute Gasteiger partial charge is 0.228 e. The van der Waals surface area contributed by atoms with E-state index in [1.165, 1.54) is 4.90 Å². The molecule has 1 heterocycles. The summed E-state index contributed by atoms with van der Waals surface area (Å²) in [6.45, 7) is 0.0614. The van der Waals surface area contributed by atoms with Gasteiger partial charge in [-0.05, 0) is 12.1 Å². The molecule has 92 valence electrons. The van der Waals surface area contributed by atoms with Gasteiger partial charge in [-0.3, -0.25) is 4.79 Å². The molecule has 1 atom stereocenters. The van der Waals surface area contributed by atoms with E-state index in [-0.39, 0.29) is 18.9 Å². The Morgan fingerprint density at radius 1 is 1.29 bits per heavy atom. The van der Waals surface area contributed by atoms with Crippen molar-refractivity contribution in [3.63, 3.8) is 0 Å². The Balaban J connectivity index is 2.31. The van der Waals surface area contributed by atoms with Crippen molar-refractivity contribution in [1.29, 1.82) is 0 Å². The molecule has 2 rings (SSSR count). The zero-order chi connectivity index (χ0) is 12.6. The predicted octanol–water partition coefficient (Wildman–Crippen LogP) is -0.337. The number of nitrogen functional groups attached to an aromatic ring is 1. The van der Waals surface area contributed by atoms with Gasteiger partial charge in [0.05, 0.1) is 11.4 Å². The van der Waals surface area contributed by atoms with Crippen LogP contribution < -0.4 is 15.8 Å². The molecule has 17 heavy (non-hydrogen) atoms. The molecule has 0 spiro atoms. The van der Waals surface area contributed by atoms with Crippen LogP contribution in [0.25, 0.3) is 0 Å². The first kappa shape index (κ1) is 11.9. The number of benzene rings is 1. The van der Waals surface area contributed by atoms with Crippen molar-refractivity contribution < 1.29 is 13.2 Å². The first-order valence-electron chi connectivity index (χ1n) is 5.06. The Morgan fingerprint density at radius 3 is 2.47 bits per heavy atom. The van der Waals surface area contributed by atoms with E-state index in [1.807, 2.05) is 0 Å². The van der Waals surface area contributed by atoms with Gasteiger partial charge in [0.15, 0.2) is 0 Å². The number of primary sulfonamides is 1. The van der Waals surface area contributed by atoms with Crippen molar-refractivity contribution in [2.45, 2.75) is 11.7 Å². The summed E-state index contributed by atoms with van der Waals surface area (Å²) in [6, 6.07) is 6.82. The molecular formula is C10H13N3O3S. The first-order valence-corrected chi connectivity index (χ1v) is 6.67. The second-order valence-electron chi connectivity index (χ2n) is 3.98. The first-order chi connectivity index (χ1) is 7.89. The van der Waals surface area contributed by atoms with Crippen LogP contribution in [0.5, 0.6) is 0 Å². The lowest BCUT2D eigenvalue weighted by Crippen LogP contribution is -2.32. The lowest BCUT2D eigenvalue weighted by atomic mass is 10.2. The molecule has 7 heteroatoms. The van der Waals surface area contributed by atoms with E-state index in [0.717, 1.165) is 0 Å². The molecule has 1 saturated heterocycles. The summed E-state index contributed by atoms with van der Waals surface area (Å²) in [5, 5.41) is 4.19. The van der Waals surface area contributed by atoms with Crippen LogP contribution in [0.3, 0.4) is 0 Å². The summed E-state index contributed by atoms with van der Waals surface area (Å²) in [5.74, 6) is -0.276. The zero-order valence-electron chi connectivity index (χ0n) is 9.04. The molecule has 6 nitrogen and oxygen atoms in total. The van der Waals surface area contributed by atoms with E-state index in [1.54, 1.807) is 24.3 Å². The van der Waals surface area contributed by atoms with Gasteiger partial charge in [0, 0.05) is 13.0 Å².